The number of benzene rings is 2. The van der Waals surface area contributed by atoms with Gasteiger partial charge in [0.25, 0.3) is 29.5 Å². The molecule has 3 aliphatic carbocycles. The van der Waals surface area contributed by atoms with E-state index in [1.807, 2.05) is 27.7 Å². The zero-order valence-corrected chi connectivity index (χ0v) is 48.1. The molecule has 10 amide bonds. The van der Waals surface area contributed by atoms with Gasteiger partial charge >= 0.3 is 0 Å². The van der Waals surface area contributed by atoms with E-state index in [1.165, 1.54) is 6.07 Å². The van der Waals surface area contributed by atoms with Crippen LogP contribution in [0, 0.1) is 23.2 Å². The molecule has 24 heteroatoms. The second kappa shape index (κ2) is 26.9. The molecule has 6 aliphatic rings. The van der Waals surface area contributed by atoms with Crippen LogP contribution in [0.4, 0.5) is 0 Å². The molecule has 3 saturated carbocycles. The van der Waals surface area contributed by atoms with E-state index in [9.17, 15) is 52.7 Å². The Hall–Kier alpha value is -7.73. The molecule has 9 rings (SSSR count). The average molecular weight is 1160 g/mol. The van der Waals surface area contributed by atoms with Gasteiger partial charge in [-0.2, -0.15) is 0 Å². The summed E-state index contributed by atoms with van der Waals surface area (Å²) in [6.07, 6.45) is 11.1. The molecule has 24 nitrogen and oxygen atoms in total. The lowest BCUT2D eigenvalue weighted by Gasteiger charge is -2.38. The van der Waals surface area contributed by atoms with E-state index in [-0.39, 0.29) is 105 Å². The number of likely N-dealkylation sites (tertiary alicyclic amines) is 1. The number of hydrogen-bond acceptors (Lipinski definition) is 16. The van der Waals surface area contributed by atoms with Crippen LogP contribution in [-0.4, -0.2) is 167 Å². The maximum Gasteiger partial charge on any atom is 0.289 e. The number of nitrogens with zero attached hydrogens (tertiary/aromatic N) is 4. The number of rotatable bonds is 25. The summed E-state index contributed by atoms with van der Waals surface area (Å²) in [6, 6.07) is 2.99. The summed E-state index contributed by atoms with van der Waals surface area (Å²) in [4.78, 5) is 159. The lowest BCUT2D eigenvalue weighted by Crippen LogP contribution is -2.62. The molecule has 5 fully saturated rings. The van der Waals surface area contributed by atoms with Crippen LogP contribution in [0.2, 0.25) is 0 Å². The number of piperidine rings is 1. The molecule has 6 N–H and O–H groups in total. The normalized spacial score (nSPS) is 21.7. The minimum atomic E-state index is -1.12. The molecule has 0 spiro atoms. The standard InChI is InChI=1S/C60H76N10O14/c1-5-11-41(49(72)56(78)64-36-18-19-36)65-55(77)48-38-16-10-15-35(38)32-69(48)59(81)50(60(2,3)4)68-54(76)47(33-12-7-6-8-13-33)67-52(74)43-31-62-42(30-63-43)51(73)61-22-23-82-24-25-83-26-27-84-37-28-34-14-9-17-39-46(34)40(29-37)58(80)70(57(39)79)44-20-21-45(71)66-53(44)75/h9,14,17,28-31,33,35-36,38,41,44,47-48,50H,5-8,10-13,15-16,18-27,32H2,1-4H3,(H,61,73)(H,64,78)(H,65,77)(H,67,74)(H,68,76)(H,66,71,75)/t35-,38-,41-,44?,47-,48-,50+/m0/s1. The maximum absolute atomic E-state index is 14.9. The topological polar surface area (TPSA) is 320 Å². The van der Waals surface area contributed by atoms with Crippen molar-refractivity contribution in [2.75, 3.05) is 46.1 Å². The first-order valence-corrected chi connectivity index (χ1v) is 29.6. The van der Waals surface area contributed by atoms with Gasteiger partial charge < -0.3 is 45.7 Å². The number of ketones is 1. The fraction of sp³-hybridized carbons (Fsp3) is 0.583. The first-order valence-electron chi connectivity index (χ1n) is 29.6. The predicted octanol–water partition coefficient (Wildman–Crippen LogP) is 2.84. The fourth-order valence-corrected chi connectivity index (χ4v) is 12.3. The summed E-state index contributed by atoms with van der Waals surface area (Å²) in [6.45, 7) is 8.56. The Balaban J connectivity index is 0.731. The summed E-state index contributed by atoms with van der Waals surface area (Å²) >= 11 is 0. The Kier molecular flexibility index (Phi) is 19.5. The SMILES string of the molecule is CCC[C@H](NC(=O)[C@@H]1[C@H]2CCC[C@H]2CN1C(=O)[C@@H](NC(=O)[C@@H](NC(=O)c1cnc(C(=O)NCCOCCOCCOc2cc3c4c(cccc4c2)C(=O)N(C2CCC(=O)NC2=O)C3=O)cn1)C1CCCCC1)C(C)(C)C)C(=O)C(=O)NC1CC1. The van der Waals surface area contributed by atoms with Crippen LogP contribution in [0.1, 0.15) is 159 Å². The number of amides is 10. The van der Waals surface area contributed by atoms with Crippen LogP contribution >= 0.6 is 0 Å². The highest BCUT2D eigenvalue weighted by atomic mass is 16.5. The highest BCUT2D eigenvalue weighted by Crippen LogP contribution is 2.43. The predicted molar refractivity (Wildman–Crippen MR) is 301 cm³/mol. The quantitative estimate of drug-likeness (QED) is 0.0404. The van der Waals surface area contributed by atoms with Gasteiger partial charge in [-0.1, -0.05) is 71.9 Å². The van der Waals surface area contributed by atoms with Gasteiger partial charge in [0, 0.05) is 36.5 Å². The average Bonchev–Trinajstić information content (AvgIpc) is 1.01. The Morgan fingerprint density at radius 1 is 0.762 bits per heavy atom. The van der Waals surface area contributed by atoms with Gasteiger partial charge in [0.15, 0.2) is 0 Å². The van der Waals surface area contributed by atoms with Crippen molar-refractivity contribution in [2.24, 2.45) is 23.2 Å². The molecule has 4 heterocycles. The molecule has 84 heavy (non-hydrogen) atoms. The van der Waals surface area contributed by atoms with Crippen molar-refractivity contribution in [1.82, 2.24) is 51.7 Å². The molecular weight excluding hydrogens is 1080 g/mol. The third-order valence-corrected chi connectivity index (χ3v) is 16.8. The molecule has 0 radical (unpaired) electrons. The van der Waals surface area contributed by atoms with E-state index in [2.05, 4.69) is 41.9 Å². The molecule has 2 aromatic carbocycles. The van der Waals surface area contributed by atoms with Crippen LogP contribution in [0.3, 0.4) is 0 Å². The van der Waals surface area contributed by atoms with E-state index >= 15 is 0 Å². The summed E-state index contributed by atoms with van der Waals surface area (Å²) in [7, 11) is 0. The van der Waals surface area contributed by atoms with Crippen molar-refractivity contribution >= 4 is 75.6 Å². The molecular formula is C60H76N10O14. The number of ether oxygens (including phenoxy) is 3. The smallest absolute Gasteiger partial charge is 0.289 e. The third kappa shape index (κ3) is 14.1. The Labute approximate surface area is 486 Å². The molecule has 450 valence electrons. The van der Waals surface area contributed by atoms with Crippen molar-refractivity contribution in [3.05, 3.63) is 65.2 Å². The Morgan fingerprint density at radius 3 is 2.15 bits per heavy atom. The van der Waals surface area contributed by atoms with Crippen LogP contribution in [-0.2, 0) is 43.0 Å². The number of carbonyl (C=O) groups is 11. The van der Waals surface area contributed by atoms with Gasteiger partial charge in [0.2, 0.25) is 35.3 Å². The number of aromatic nitrogens is 2. The van der Waals surface area contributed by atoms with E-state index in [0.717, 1.165) is 62.2 Å². The van der Waals surface area contributed by atoms with Gasteiger partial charge in [-0.15, -0.1) is 0 Å². The van der Waals surface area contributed by atoms with Crippen LogP contribution < -0.4 is 36.6 Å². The van der Waals surface area contributed by atoms with Gasteiger partial charge in [0.1, 0.15) is 47.9 Å². The molecule has 2 saturated heterocycles. The zero-order chi connectivity index (χ0) is 59.8. The number of carbonyl (C=O) groups excluding carboxylic acids is 11. The van der Waals surface area contributed by atoms with E-state index in [1.54, 1.807) is 29.2 Å². The molecule has 1 unspecified atom stereocenters. The molecule has 7 atom stereocenters. The minimum absolute atomic E-state index is 0.00105. The second-order valence-electron chi connectivity index (χ2n) is 23.8. The van der Waals surface area contributed by atoms with Gasteiger partial charge in [0.05, 0.1) is 50.4 Å². The van der Waals surface area contributed by atoms with Crippen molar-refractivity contribution in [1.29, 1.82) is 0 Å². The largest absolute Gasteiger partial charge is 0.491 e. The first kappa shape index (κ1) is 60.8. The monoisotopic (exact) mass is 1160 g/mol. The van der Waals surface area contributed by atoms with Crippen molar-refractivity contribution in [2.45, 2.75) is 154 Å². The van der Waals surface area contributed by atoms with Gasteiger partial charge in [-0.3, -0.25) is 63.0 Å². The lowest BCUT2D eigenvalue weighted by atomic mass is 9.82. The minimum Gasteiger partial charge on any atom is -0.491 e. The molecule has 0 bridgehead atoms. The third-order valence-electron chi connectivity index (χ3n) is 16.8. The van der Waals surface area contributed by atoms with Crippen LogP contribution in [0.25, 0.3) is 10.8 Å². The molecule has 3 aliphatic heterocycles. The molecule has 1 aromatic heterocycles. The highest BCUT2D eigenvalue weighted by molar-refractivity contribution is 6.38. The summed E-state index contributed by atoms with van der Waals surface area (Å²) in [5.74, 6) is -6.64. The van der Waals surface area contributed by atoms with Crippen LogP contribution in [0.15, 0.2) is 42.7 Å². The van der Waals surface area contributed by atoms with Crippen LogP contribution in [0.5, 0.6) is 5.75 Å². The van der Waals surface area contributed by atoms with E-state index < -0.39 is 100 Å². The maximum atomic E-state index is 14.9. The highest BCUT2D eigenvalue weighted by Gasteiger charge is 2.53. The first-order chi connectivity index (χ1) is 40.3. The fourth-order valence-electron chi connectivity index (χ4n) is 12.3. The second-order valence-corrected chi connectivity index (χ2v) is 23.8. The summed E-state index contributed by atoms with van der Waals surface area (Å²) < 4.78 is 17.2. The molecule has 3 aromatic rings. The van der Waals surface area contributed by atoms with E-state index in [0.29, 0.717) is 48.8 Å². The Bertz CT molecular complexity index is 3050. The number of nitrogens with one attached hydrogen (secondary N) is 6. The number of imide groups is 2. The van der Waals surface area contributed by atoms with E-state index in [4.69, 9.17) is 14.2 Å². The van der Waals surface area contributed by atoms with Gasteiger partial charge in [-0.25, -0.2) is 9.97 Å². The Morgan fingerprint density at radius 2 is 1.46 bits per heavy atom. The number of fused-ring (bicyclic) bond motifs is 1. The zero-order valence-electron chi connectivity index (χ0n) is 48.1. The summed E-state index contributed by atoms with van der Waals surface area (Å²) in [5, 5.41) is 17.4. The lowest BCUT2D eigenvalue weighted by molar-refractivity contribution is -0.146. The van der Waals surface area contributed by atoms with Crippen molar-refractivity contribution < 1.29 is 67.0 Å². The van der Waals surface area contributed by atoms with Gasteiger partial charge in [-0.05, 0) is 98.1 Å². The number of hydrogen-bond donors (Lipinski definition) is 6. The van der Waals surface area contributed by atoms with Crippen molar-refractivity contribution in [3.8, 4) is 5.75 Å². The van der Waals surface area contributed by atoms with Crippen molar-refractivity contribution in [3.63, 3.8) is 0 Å². The number of Topliss-reactive ketones (excluding diaryl/α,β-unsaturated/α-hetero) is 1. The summed E-state index contributed by atoms with van der Waals surface area (Å²) in [5.41, 5.74) is -0.568.